The van der Waals surface area contributed by atoms with E-state index >= 15 is 0 Å². The van der Waals surface area contributed by atoms with Crippen molar-refractivity contribution in [2.75, 3.05) is 7.05 Å². The number of rotatable bonds is 2. The third-order valence-electron chi connectivity index (χ3n) is 3.88. The molecule has 19 heavy (non-hydrogen) atoms. The summed E-state index contributed by atoms with van der Waals surface area (Å²) in [5.41, 5.74) is 0.384. The zero-order valence-corrected chi connectivity index (χ0v) is 12.8. The molecule has 1 saturated carbocycles. The van der Waals surface area contributed by atoms with E-state index < -0.39 is 0 Å². The summed E-state index contributed by atoms with van der Waals surface area (Å²) in [6, 6.07) is 5.33. The lowest BCUT2D eigenvalue weighted by atomic mass is 10.1. The summed E-state index contributed by atoms with van der Waals surface area (Å²) in [6.45, 7) is 0. The number of aromatic hydroxyl groups is 1. The minimum Gasteiger partial charge on any atom is -0.507 e. The number of nitrogens with zero attached hydrogens (tertiary/aromatic N) is 1. The second kappa shape index (κ2) is 6.42. The molecule has 3 nitrogen and oxygen atoms in total. The maximum absolute atomic E-state index is 12.4. The Balaban J connectivity index is 2.13. The van der Waals surface area contributed by atoms with Gasteiger partial charge in [-0.1, -0.05) is 41.6 Å². The average Bonchev–Trinajstić information content (AvgIpc) is 2.66. The second-order valence-corrected chi connectivity index (χ2v) is 6.14. The van der Waals surface area contributed by atoms with Gasteiger partial charge in [-0.25, -0.2) is 0 Å². The Morgan fingerprint density at radius 1 is 1.26 bits per heavy atom. The van der Waals surface area contributed by atoms with Crippen LogP contribution in [0.5, 0.6) is 5.75 Å². The predicted molar refractivity (Wildman–Crippen MR) is 79.4 cm³/mol. The summed E-state index contributed by atoms with van der Waals surface area (Å²) in [4.78, 5) is 14.2. The Morgan fingerprint density at radius 2 is 1.89 bits per heavy atom. The van der Waals surface area contributed by atoms with Crippen LogP contribution in [0.15, 0.2) is 22.7 Å². The first-order chi connectivity index (χ1) is 9.09. The molecule has 4 heteroatoms. The molecule has 0 atom stereocenters. The molecule has 2 rings (SSSR count). The lowest BCUT2D eigenvalue weighted by Gasteiger charge is -2.27. The van der Waals surface area contributed by atoms with Gasteiger partial charge in [0.1, 0.15) is 5.75 Å². The van der Waals surface area contributed by atoms with Gasteiger partial charge in [0.2, 0.25) is 0 Å². The molecule has 0 bridgehead atoms. The van der Waals surface area contributed by atoms with Crippen molar-refractivity contribution in [1.29, 1.82) is 0 Å². The minimum absolute atomic E-state index is 0.0415. The molecule has 1 N–H and O–H groups in total. The van der Waals surface area contributed by atoms with Gasteiger partial charge in [-0.2, -0.15) is 0 Å². The van der Waals surface area contributed by atoms with Gasteiger partial charge in [0.15, 0.2) is 0 Å². The number of hydrogen-bond acceptors (Lipinski definition) is 2. The van der Waals surface area contributed by atoms with Gasteiger partial charge in [0, 0.05) is 17.6 Å². The molecular formula is C15H20BrNO2. The van der Waals surface area contributed by atoms with Crippen LogP contribution >= 0.6 is 15.9 Å². The highest BCUT2D eigenvalue weighted by Crippen LogP contribution is 2.26. The van der Waals surface area contributed by atoms with Crippen LogP contribution in [0.4, 0.5) is 0 Å². The fourth-order valence-electron chi connectivity index (χ4n) is 2.69. The Labute approximate surface area is 122 Å². The van der Waals surface area contributed by atoms with Crippen molar-refractivity contribution < 1.29 is 9.90 Å². The molecule has 0 saturated heterocycles. The molecule has 1 aromatic rings. The normalized spacial score (nSPS) is 16.9. The Hall–Kier alpha value is -1.03. The SMILES string of the molecule is CN(C(=O)c1ccc(Br)cc1O)C1CCCCCC1. The first-order valence-electron chi connectivity index (χ1n) is 6.85. The first-order valence-corrected chi connectivity index (χ1v) is 7.64. The highest BCUT2D eigenvalue weighted by molar-refractivity contribution is 9.10. The van der Waals surface area contributed by atoms with Gasteiger partial charge in [-0.05, 0) is 31.0 Å². The lowest BCUT2D eigenvalue weighted by Crippen LogP contribution is -2.36. The zero-order chi connectivity index (χ0) is 13.8. The smallest absolute Gasteiger partial charge is 0.257 e. The molecule has 0 aliphatic heterocycles. The number of phenols is 1. The molecule has 0 aromatic heterocycles. The van der Waals surface area contributed by atoms with Crippen LogP contribution in [0, 0.1) is 0 Å². The summed E-state index contributed by atoms with van der Waals surface area (Å²) in [6.07, 6.45) is 7.05. The molecular weight excluding hydrogens is 306 g/mol. The third-order valence-corrected chi connectivity index (χ3v) is 4.38. The van der Waals surface area contributed by atoms with Crippen LogP contribution in [0.1, 0.15) is 48.9 Å². The van der Waals surface area contributed by atoms with Crippen LogP contribution in [-0.4, -0.2) is 29.0 Å². The minimum atomic E-state index is -0.0862. The maximum Gasteiger partial charge on any atom is 0.257 e. The summed E-state index contributed by atoms with van der Waals surface area (Å²) < 4.78 is 0.777. The fourth-order valence-corrected chi connectivity index (χ4v) is 3.04. The Kier molecular flexibility index (Phi) is 4.86. The summed E-state index contributed by atoms with van der Waals surface area (Å²) in [5, 5.41) is 9.89. The van der Waals surface area contributed by atoms with Gasteiger partial charge >= 0.3 is 0 Å². The van der Waals surface area contributed by atoms with E-state index in [9.17, 15) is 9.90 Å². The molecule has 1 aliphatic carbocycles. The molecule has 104 valence electrons. The quantitative estimate of drug-likeness (QED) is 0.836. The van der Waals surface area contributed by atoms with Gasteiger partial charge < -0.3 is 10.0 Å². The molecule has 1 aliphatic rings. The van der Waals surface area contributed by atoms with Gasteiger partial charge in [-0.15, -0.1) is 0 Å². The van der Waals surface area contributed by atoms with Gasteiger partial charge in [-0.3, -0.25) is 4.79 Å². The van der Waals surface area contributed by atoms with E-state index in [4.69, 9.17) is 0 Å². The van der Waals surface area contributed by atoms with Crippen LogP contribution in [-0.2, 0) is 0 Å². The van der Waals surface area contributed by atoms with E-state index in [0.29, 0.717) is 11.6 Å². The highest BCUT2D eigenvalue weighted by atomic mass is 79.9. The number of phenolic OH excluding ortho intramolecular Hbond substituents is 1. The van der Waals surface area contributed by atoms with Crippen molar-refractivity contribution in [3.8, 4) is 5.75 Å². The summed E-state index contributed by atoms with van der Waals surface area (Å²) in [5.74, 6) is -0.0447. The van der Waals surface area contributed by atoms with Crippen LogP contribution in [0.2, 0.25) is 0 Å². The first kappa shape index (κ1) is 14.4. The van der Waals surface area contributed by atoms with Crippen LogP contribution in [0.3, 0.4) is 0 Å². The number of benzene rings is 1. The molecule has 0 unspecified atom stereocenters. The number of amides is 1. The zero-order valence-electron chi connectivity index (χ0n) is 11.2. The molecule has 0 radical (unpaired) electrons. The number of hydrogen-bond donors (Lipinski definition) is 1. The number of halogens is 1. The third kappa shape index (κ3) is 3.50. The molecule has 0 heterocycles. The van der Waals surface area contributed by atoms with Crippen molar-refractivity contribution in [2.45, 2.75) is 44.6 Å². The predicted octanol–water partition coefficient (Wildman–Crippen LogP) is 3.95. The van der Waals surface area contributed by atoms with Crippen LogP contribution < -0.4 is 0 Å². The van der Waals surface area contributed by atoms with E-state index in [-0.39, 0.29) is 11.7 Å². The highest BCUT2D eigenvalue weighted by Gasteiger charge is 2.23. The number of carbonyl (C=O) groups is 1. The largest absolute Gasteiger partial charge is 0.507 e. The standard InChI is InChI=1S/C15H20BrNO2/c1-17(12-6-4-2-3-5-7-12)15(19)13-9-8-11(16)10-14(13)18/h8-10,12,18H,2-7H2,1H3. The molecule has 1 amide bonds. The fraction of sp³-hybridized carbons (Fsp3) is 0.533. The van der Waals surface area contributed by atoms with Crippen molar-refractivity contribution in [1.82, 2.24) is 4.90 Å². The van der Waals surface area contributed by atoms with Crippen molar-refractivity contribution in [3.63, 3.8) is 0 Å². The monoisotopic (exact) mass is 325 g/mol. The topological polar surface area (TPSA) is 40.5 Å². The van der Waals surface area contributed by atoms with E-state index in [2.05, 4.69) is 15.9 Å². The maximum atomic E-state index is 12.4. The lowest BCUT2D eigenvalue weighted by molar-refractivity contribution is 0.0714. The second-order valence-electron chi connectivity index (χ2n) is 5.22. The summed E-state index contributed by atoms with van der Waals surface area (Å²) >= 11 is 3.28. The van der Waals surface area contributed by atoms with Crippen molar-refractivity contribution in [3.05, 3.63) is 28.2 Å². The summed E-state index contributed by atoms with van der Waals surface area (Å²) in [7, 11) is 1.85. The molecule has 0 spiro atoms. The van der Waals surface area contributed by atoms with E-state index in [1.165, 1.54) is 25.7 Å². The van der Waals surface area contributed by atoms with E-state index in [1.54, 1.807) is 23.1 Å². The van der Waals surface area contributed by atoms with Crippen molar-refractivity contribution in [2.24, 2.45) is 0 Å². The van der Waals surface area contributed by atoms with Crippen molar-refractivity contribution >= 4 is 21.8 Å². The van der Waals surface area contributed by atoms with Crippen LogP contribution in [0.25, 0.3) is 0 Å². The number of carbonyl (C=O) groups excluding carboxylic acids is 1. The van der Waals surface area contributed by atoms with E-state index in [1.807, 2.05) is 7.05 Å². The van der Waals surface area contributed by atoms with E-state index in [0.717, 1.165) is 17.3 Å². The Morgan fingerprint density at radius 3 is 2.47 bits per heavy atom. The van der Waals surface area contributed by atoms with Gasteiger partial charge in [0.25, 0.3) is 5.91 Å². The average molecular weight is 326 g/mol. The van der Waals surface area contributed by atoms with Gasteiger partial charge in [0.05, 0.1) is 5.56 Å². The Bertz CT molecular complexity index is 453. The molecule has 1 fully saturated rings. The molecule has 1 aromatic carbocycles.